The Balaban J connectivity index is 1.44. The summed E-state index contributed by atoms with van der Waals surface area (Å²) in [6, 6.07) is 11.1. The van der Waals surface area contributed by atoms with Gasteiger partial charge in [-0.1, -0.05) is 16.8 Å². The Morgan fingerprint density at radius 1 is 1.00 bits per heavy atom. The van der Waals surface area contributed by atoms with Crippen LogP contribution in [-0.4, -0.2) is 24.3 Å². The van der Waals surface area contributed by atoms with Gasteiger partial charge in [-0.25, -0.2) is 0 Å². The highest BCUT2D eigenvalue weighted by Gasteiger charge is 2.29. The maximum Gasteiger partial charge on any atom is 0.278 e. The van der Waals surface area contributed by atoms with Gasteiger partial charge >= 0.3 is 0 Å². The van der Waals surface area contributed by atoms with Crippen LogP contribution in [0.25, 0.3) is 11.3 Å². The number of nitrogens with one attached hydrogen (secondary N) is 1. The van der Waals surface area contributed by atoms with Crippen LogP contribution in [0.15, 0.2) is 40.9 Å². The molecule has 7 heteroatoms. The fourth-order valence-corrected chi connectivity index (χ4v) is 3.24. The van der Waals surface area contributed by atoms with Crippen LogP contribution in [0, 0.1) is 6.92 Å². The SMILES string of the molecule is Cc1ccc2c(c1)-c1onc(C(=O)Nc3ccc4c(c3)OCCO4)c1CO2. The van der Waals surface area contributed by atoms with Crippen LogP contribution in [0.5, 0.6) is 17.2 Å². The number of ether oxygens (including phenoxy) is 3. The van der Waals surface area contributed by atoms with Gasteiger partial charge in [0.25, 0.3) is 5.91 Å². The molecule has 0 bridgehead atoms. The zero-order chi connectivity index (χ0) is 18.4. The second kappa shape index (κ2) is 6.05. The second-order valence-corrected chi connectivity index (χ2v) is 6.44. The third-order valence-electron chi connectivity index (χ3n) is 4.55. The number of aromatic nitrogens is 1. The lowest BCUT2D eigenvalue weighted by Crippen LogP contribution is -2.18. The first-order valence-corrected chi connectivity index (χ1v) is 8.62. The first kappa shape index (κ1) is 15.7. The van der Waals surface area contributed by atoms with E-state index in [1.54, 1.807) is 18.2 Å². The smallest absolute Gasteiger partial charge is 0.278 e. The summed E-state index contributed by atoms with van der Waals surface area (Å²) < 4.78 is 22.3. The van der Waals surface area contributed by atoms with Crippen LogP contribution in [0.1, 0.15) is 21.6 Å². The highest BCUT2D eigenvalue weighted by Crippen LogP contribution is 2.39. The Hall–Kier alpha value is -3.48. The number of carbonyl (C=O) groups excluding carboxylic acids is 1. The van der Waals surface area contributed by atoms with E-state index in [1.165, 1.54) is 0 Å². The minimum absolute atomic E-state index is 0.215. The standard InChI is InChI=1S/C20H16N2O5/c1-11-2-4-15-13(8-11)19-14(10-26-15)18(22-27-19)20(23)21-12-3-5-16-17(9-12)25-7-6-24-16/h2-5,8-9H,6-7,10H2,1H3,(H,21,23). The Labute approximate surface area is 154 Å². The van der Waals surface area contributed by atoms with Gasteiger partial charge in [-0.2, -0.15) is 0 Å². The highest BCUT2D eigenvalue weighted by atomic mass is 16.6. The van der Waals surface area contributed by atoms with Crippen LogP contribution < -0.4 is 19.5 Å². The van der Waals surface area contributed by atoms with E-state index < -0.39 is 0 Å². The van der Waals surface area contributed by atoms with Crippen molar-refractivity contribution >= 4 is 11.6 Å². The molecule has 1 N–H and O–H groups in total. The van der Waals surface area contributed by atoms with E-state index >= 15 is 0 Å². The monoisotopic (exact) mass is 364 g/mol. The molecule has 0 fully saturated rings. The molecule has 0 unspecified atom stereocenters. The number of anilines is 1. The molecular weight excluding hydrogens is 348 g/mol. The molecule has 7 nitrogen and oxygen atoms in total. The summed E-state index contributed by atoms with van der Waals surface area (Å²) in [4.78, 5) is 12.7. The summed E-state index contributed by atoms with van der Waals surface area (Å²) in [5.74, 6) is 2.21. The predicted octanol–water partition coefficient (Wildman–Crippen LogP) is 3.57. The lowest BCUT2D eigenvalue weighted by atomic mass is 10.0. The number of hydrogen-bond acceptors (Lipinski definition) is 6. The van der Waals surface area contributed by atoms with Crippen LogP contribution in [0.2, 0.25) is 0 Å². The number of nitrogens with zero attached hydrogens (tertiary/aromatic N) is 1. The van der Waals surface area contributed by atoms with Gasteiger partial charge in [0.1, 0.15) is 25.6 Å². The zero-order valence-electron chi connectivity index (χ0n) is 14.6. The van der Waals surface area contributed by atoms with E-state index in [-0.39, 0.29) is 18.2 Å². The molecule has 0 spiro atoms. The molecule has 2 aliphatic heterocycles. The van der Waals surface area contributed by atoms with Crippen molar-refractivity contribution in [3.63, 3.8) is 0 Å². The lowest BCUT2D eigenvalue weighted by molar-refractivity contribution is 0.101. The quantitative estimate of drug-likeness (QED) is 0.749. The first-order chi connectivity index (χ1) is 13.2. The Morgan fingerprint density at radius 2 is 1.81 bits per heavy atom. The summed E-state index contributed by atoms with van der Waals surface area (Å²) in [5.41, 5.74) is 3.33. The number of amides is 1. The van der Waals surface area contributed by atoms with Crippen LogP contribution in [0.4, 0.5) is 5.69 Å². The summed E-state index contributed by atoms with van der Waals surface area (Å²) >= 11 is 0. The Bertz CT molecular complexity index is 1060. The molecular formula is C20H16N2O5. The maximum absolute atomic E-state index is 12.7. The number of benzene rings is 2. The number of aryl methyl sites for hydroxylation is 1. The summed E-state index contributed by atoms with van der Waals surface area (Å²) in [6.07, 6.45) is 0. The average Bonchev–Trinajstić information content (AvgIpc) is 3.12. The van der Waals surface area contributed by atoms with E-state index in [9.17, 15) is 4.79 Å². The highest BCUT2D eigenvalue weighted by molar-refractivity contribution is 6.05. The van der Waals surface area contributed by atoms with E-state index in [0.717, 1.165) is 16.9 Å². The number of fused-ring (bicyclic) bond motifs is 4. The van der Waals surface area contributed by atoms with Crippen molar-refractivity contribution < 1.29 is 23.5 Å². The van der Waals surface area contributed by atoms with Gasteiger partial charge in [-0.05, 0) is 31.2 Å². The van der Waals surface area contributed by atoms with Crippen LogP contribution >= 0.6 is 0 Å². The van der Waals surface area contributed by atoms with Crippen molar-refractivity contribution in [1.82, 2.24) is 5.16 Å². The molecule has 0 saturated carbocycles. The fraction of sp³-hybridized carbons (Fsp3) is 0.200. The largest absolute Gasteiger partial charge is 0.488 e. The van der Waals surface area contributed by atoms with Gasteiger partial charge < -0.3 is 24.1 Å². The van der Waals surface area contributed by atoms with Gasteiger partial charge in [0.15, 0.2) is 23.0 Å². The van der Waals surface area contributed by atoms with Gasteiger partial charge in [0.2, 0.25) is 0 Å². The van der Waals surface area contributed by atoms with Gasteiger partial charge in [-0.15, -0.1) is 0 Å². The number of carbonyl (C=O) groups is 1. The van der Waals surface area contributed by atoms with Crippen LogP contribution in [0.3, 0.4) is 0 Å². The molecule has 0 aliphatic carbocycles. The van der Waals surface area contributed by atoms with Crippen molar-refractivity contribution in [2.45, 2.75) is 13.5 Å². The van der Waals surface area contributed by atoms with Crippen molar-refractivity contribution in [2.75, 3.05) is 18.5 Å². The second-order valence-electron chi connectivity index (χ2n) is 6.44. The molecule has 0 radical (unpaired) electrons. The lowest BCUT2D eigenvalue weighted by Gasteiger charge is -2.19. The molecule has 27 heavy (non-hydrogen) atoms. The average molecular weight is 364 g/mol. The molecule has 1 aromatic heterocycles. The Morgan fingerprint density at radius 3 is 2.70 bits per heavy atom. The molecule has 3 aromatic rings. The molecule has 3 heterocycles. The molecule has 2 aromatic carbocycles. The van der Waals surface area contributed by atoms with Gasteiger partial charge in [0.05, 0.1) is 11.1 Å². The minimum atomic E-state index is -0.364. The number of hydrogen-bond donors (Lipinski definition) is 1. The van der Waals surface area contributed by atoms with Crippen molar-refractivity contribution in [3.05, 3.63) is 53.2 Å². The van der Waals surface area contributed by atoms with Gasteiger partial charge in [-0.3, -0.25) is 4.79 Å². The number of rotatable bonds is 2. The zero-order valence-corrected chi connectivity index (χ0v) is 14.6. The van der Waals surface area contributed by atoms with E-state index in [4.69, 9.17) is 18.7 Å². The summed E-state index contributed by atoms with van der Waals surface area (Å²) in [5, 5.41) is 6.81. The normalized spacial score (nSPS) is 14.0. The van der Waals surface area contributed by atoms with E-state index in [2.05, 4.69) is 10.5 Å². The maximum atomic E-state index is 12.7. The van der Waals surface area contributed by atoms with Crippen LogP contribution in [-0.2, 0) is 6.61 Å². The molecule has 5 rings (SSSR count). The minimum Gasteiger partial charge on any atom is -0.488 e. The van der Waals surface area contributed by atoms with Crippen molar-refractivity contribution in [1.29, 1.82) is 0 Å². The molecule has 136 valence electrons. The van der Waals surface area contributed by atoms with E-state index in [1.807, 2.05) is 25.1 Å². The van der Waals surface area contributed by atoms with Gasteiger partial charge in [0, 0.05) is 11.8 Å². The third-order valence-corrected chi connectivity index (χ3v) is 4.55. The fourth-order valence-electron chi connectivity index (χ4n) is 3.24. The molecule has 0 atom stereocenters. The summed E-state index contributed by atoms with van der Waals surface area (Å²) in [6.45, 7) is 3.22. The summed E-state index contributed by atoms with van der Waals surface area (Å²) in [7, 11) is 0. The van der Waals surface area contributed by atoms with Crippen molar-refractivity contribution in [2.24, 2.45) is 0 Å². The third kappa shape index (κ3) is 2.68. The van der Waals surface area contributed by atoms with Crippen molar-refractivity contribution in [3.8, 4) is 28.6 Å². The van der Waals surface area contributed by atoms with E-state index in [0.29, 0.717) is 41.7 Å². The molecule has 0 saturated heterocycles. The molecule has 1 amide bonds. The first-order valence-electron chi connectivity index (χ1n) is 8.62. The molecule has 2 aliphatic rings. The predicted molar refractivity (Wildman–Crippen MR) is 96.4 cm³/mol. The topological polar surface area (TPSA) is 82.8 Å². The Kier molecular flexibility index (Phi) is 3.53.